The zero-order valence-corrected chi connectivity index (χ0v) is 13.5. The Hall–Kier alpha value is -0.120. The molecule has 0 aromatic heterocycles. The van der Waals surface area contributed by atoms with Crippen molar-refractivity contribution in [3.8, 4) is 0 Å². The second-order valence-electron chi connectivity index (χ2n) is 7.41. The first-order valence-corrected chi connectivity index (χ1v) is 8.71. The second-order valence-corrected chi connectivity index (χ2v) is 7.41. The van der Waals surface area contributed by atoms with Gasteiger partial charge in [-0.3, -0.25) is 0 Å². The highest BCUT2D eigenvalue weighted by Crippen LogP contribution is 2.40. The third-order valence-corrected chi connectivity index (χ3v) is 5.36. The van der Waals surface area contributed by atoms with Crippen LogP contribution in [0, 0.1) is 17.3 Å². The van der Waals surface area contributed by atoms with Crippen molar-refractivity contribution < 1.29 is 5.11 Å². The molecule has 0 aromatic carbocycles. The Morgan fingerprint density at radius 1 is 1.30 bits per heavy atom. The molecule has 20 heavy (non-hydrogen) atoms. The summed E-state index contributed by atoms with van der Waals surface area (Å²) < 4.78 is 0. The number of nitrogens with zero attached hydrogens (tertiary/aromatic N) is 1. The van der Waals surface area contributed by atoms with Crippen LogP contribution in [0.25, 0.3) is 0 Å². The van der Waals surface area contributed by atoms with Crippen LogP contribution in [0.15, 0.2) is 0 Å². The molecule has 118 valence electrons. The molecule has 3 unspecified atom stereocenters. The minimum Gasteiger partial charge on any atom is -0.396 e. The highest BCUT2D eigenvalue weighted by atomic mass is 16.3. The Labute approximate surface area is 125 Å². The number of piperidine rings is 1. The first-order chi connectivity index (χ1) is 9.67. The monoisotopic (exact) mass is 282 g/mol. The van der Waals surface area contributed by atoms with Gasteiger partial charge in [0.1, 0.15) is 0 Å². The van der Waals surface area contributed by atoms with E-state index in [2.05, 4.69) is 24.1 Å². The predicted molar refractivity (Wildman–Crippen MR) is 84.9 cm³/mol. The number of likely N-dealkylation sites (tertiary alicyclic amines) is 1. The number of rotatable bonds is 6. The maximum atomic E-state index is 9.42. The third kappa shape index (κ3) is 4.44. The van der Waals surface area contributed by atoms with Crippen molar-refractivity contribution in [1.82, 2.24) is 10.2 Å². The summed E-state index contributed by atoms with van der Waals surface area (Å²) in [5, 5.41) is 13.0. The Morgan fingerprint density at radius 3 is 2.85 bits per heavy atom. The van der Waals surface area contributed by atoms with Crippen molar-refractivity contribution in [2.75, 3.05) is 39.3 Å². The van der Waals surface area contributed by atoms with Gasteiger partial charge in [-0.05, 0) is 56.0 Å². The molecule has 2 aliphatic rings. The van der Waals surface area contributed by atoms with E-state index in [0.29, 0.717) is 17.9 Å². The summed E-state index contributed by atoms with van der Waals surface area (Å²) in [6.07, 6.45) is 8.03. The average Bonchev–Trinajstić information content (AvgIpc) is 2.45. The Kier molecular flexibility index (Phi) is 6.31. The van der Waals surface area contributed by atoms with E-state index in [9.17, 15) is 5.11 Å². The Balaban J connectivity index is 1.95. The summed E-state index contributed by atoms with van der Waals surface area (Å²) >= 11 is 0. The summed E-state index contributed by atoms with van der Waals surface area (Å²) in [6.45, 7) is 10.8. The lowest BCUT2D eigenvalue weighted by molar-refractivity contribution is 0.0457. The zero-order chi connectivity index (χ0) is 14.4. The van der Waals surface area contributed by atoms with Crippen molar-refractivity contribution in [3.05, 3.63) is 0 Å². The lowest BCUT2D eigenvalue weighted by Gasteiger charge is -2.45. The number of aliphatic hydroxyl groups is 1. The van der Waals surface area contributed by atoms with Crippen LogP contribution in [-0.4, -0.2) is 49.3 Å². The van der Waals surface area contributed by atoms with Gasteiger partial charge in [0.15, 0.2) is 0 Å². The molecule has 1 saturated heterocycles. The molecule has 1 saturated carbocycles. The normalized spacial score (nSPS) is 36.1. The summed E-state index contributed by atoms with van der Waals surface area (Å²) in [7, 11) is 0. The van der Waals surface area contributed by atoms with Crippen molar-refractivity contribution in [1.29, 1.82) is 0 Å². The van der Waals surface area contributed by atoms with E-state index in [4.69, 9.17) is 0 Å². The van der Waals surface area contributed by atoms with Gasteiger partial charge in [0.25, 0.3) is 0 Å². The van der Waals surface area contributed by atoms with Crippen LogP contribution in [0.5, 0.6) is 0 Å². The summed E-state index contributed by atoms with van der Waals surface area (Å²) in [4.78, 5) is 2.64. The molecule has 0 amide bonds. The van der Waals surface area contributed by atoms with Crippen LogP contribution >= 0.6 is 0 Å². The van der Waals surface area contributed by atoms with Crippen LogP contribution in [0.3, 0.4) is 0 Å². The number of nitrogens with one attached hydrogen (secondary N) is 1. The van der Waals surface area contributed by atoms with Gasteiger partial charge in [0.2, 0.25) is 0 Å². The Morgan fingerprint density at radius 2 is 2.15 bits per heavy atom. The van der Waals surface area contributed by atoms with Gasteiger partial charge in [-0.2, -0.15) is 0 Å². The lowest BCUT2D eigenvalue weighted by atomic mass is 9.69. The van der Waals surface area contributed by atoms with Gasteiger partial charge < -0.3 is 15.3 Å². The molecule has 3 atom stereocenters. The van der Waals surface area contributed by atoms with Crippen LogP contribution in [0.1, 0.15) is 52.4 Å². The highest BCUT2D eigenvalue weighted by molar-refractivity contribution is 4.91. The summed E-state index contributed by atoms with van der Waals surface area (Å²) in [5.74, 6) is 1.39. The van der Waals surface area contributed by atoms with E-state index in [0.717, 1.165) is 19.0 Å². The predicted octanol–water partition coefficient (Wildman–Crippen LogP) is 2.50. The molecule has 1 aliphatic heterocycles. The van der Waals surface area contributed by atoms with Crippen molar-refractivity contribution in [2.24, 2.45) is 17.3 Å². The fourth-order valence-corrected chi connectivity index (χ4v) is 4.44. The molecule has 3 nitrogen and oxygen atoms in total. The van der Waals surface area contributed by atoms with Crippen LogP contribution < -0.4 is 5.32 Å². The van der Waals surface area contributed by atoms with E-state index >= 15 is 0 Å². The average molecular weight is 282 g/mol. The Bertz CT molecular complexity index is 284. The minimum atomic E-state index is 0.368. The molecule has 2 fully saturated rings. The van der Waals surface area contributed by atoms with E-state index < -0.39 is 0 Å². The molecule has 1 aliphatic carbocycles. The van der Waals surface area contributed by atoms with Gasteiger partial charge in [0, 0.05) is 26.2 Å². The fraction of sp³-hybridized carbons (Fsp3) is 1.00. The molecule has 0 bridgehead atoms. The van der Waals surface area contributed by atoms with Gasteiger partial charge in [-0.25, -0.2) is 0 Å². The molecule has 1 heterocycles. The molecule has 0 aromatic rings. The van der Waals surface area contributed by atoms with Crippen LogP contribution in [0.4, 0.5) is 0 Å². The molecule has 0 spiro atoms. The van der Waals surface area contributed by atoms with Crippen LogP contribution in [-0.2, 0) is 0 Å². The maximum absolute atomic E-state index is 9.42. The molecule has 0 radical (unpaired) electrons. The molecular formula is C17H34N2O. The van der Waals surface area contributed by atoms with Gasteiger partial charge >= 0.3 is 0 Å². The van der Waals surface area contributed by atoms with Crippen molar-refractivity contribution >= 4 is 0 Å². The summed E-state index contributed by atoms with van der Waals surface area (Å²) in [5.41, 5.74) is 0.477. The van der Waals surface area contributed by atoms with E-state index in [1.165, 1.54) is 58.2 Å². The molecule has 2 N–H and O–H groups in total. The smallest absolute Gasteiger partial charge is 0.0471 e. The van der Waals surface area contributed by atoms with Crippen molar-refractivity contribution in [2.45, 2.75) is 52.4 Å². The maximum Gasteiger partial charge on any atom is 0.0471 e. The van der Waals surface area contributed by atoms with Gasteiger partial charge in [0.05, 0.1) is 0 Å². The largest absolute Gasteiger partial charge is 0.396 e. The first kappa shape index (κ1) is 16.3. The molecule has 2 rings (SSSR count). The first-order valence-electron chi connectivity index (χ1n) is 8.71. The van der Waals surface area contributed by atoms with E-state index in [1.807, 2.05) is 0 Å². The summed E-state index contributed by atoms with van der Waals surface area (Å²) in [6, 6.07) is 0. The third-order valence-electron chi connectivity index (χ3n) is 5.36. The van der Waals surface area contributed by atoms with Crippen molar-refractivity contribution in [3.63, 3.8) is 0 Å². The molecule has 3 heteroatoms. The quantitative estimate of drug-likeness (QED) is 0.786. The fourth-order valence-electron chi connectivity index (χ4n) is 4.44. The molecular weight excluding hydrogens is 248 g/mol. The topological polar surface area (TPSA) is 35.5 Å². The second kappa shape index (κ2) is 7.77. The minimum absolute atomic E-state index is 0.368. The number of aliphatic hydroxyl groups excluding tert-OH is 1. The van der Waals surface area contributed by atoms with E-state index in [-0.39, 0.29) is 0 Å². The van der Waals surface area contributed by atoms with Crippen LogP contribution in [0.2, 0.25) is 0 Å². The van der Waals surface area contributed by atoms with E-state index in [1.54, 1.807) is 0 Å². The SMILES string of the molecule is CCNCC1(CN2CCCC(CO)C2)CCCC(C)C1. The highest BCUT2D eigenvalue weighted by Gasteiger charge is 2.37. The number of hydrogen-bond donors (Lipinski definition) is 2. The number of hydrogen-bond acceptors (Lipinski definition) is 3. The standard InChI is InChI=1S/C17H34N2O/c1-3-18-13-17(8-4-6-15(2)10-17)14-19-9-5-7-16(11-19)12-20/h15-16,18,20H,3-14H2,1-2H3. The van der Waals surface area contributed by atoms with Gasteiger partial charge in [-0.15, -0.1) is 0 Å². The lowest BCUT2D eigenvalue weighted by Crippen LogP contribution is -2.49. The zero-order valence-electron chi connectivity index (χ0n) is 13.5. The van der Waals surface area contributed by atoms with Gasteiger partial charge in [-0.1, -0.05) is 26.7 Å².